The van der Waals surface area contributed by atoms with Gasteiger partial charge in [0.25, 0.3) is 0 Å². The zero-order valence-electron chi connectivity index (χ0n) is 26.0. The minimum Gasteiger partial charge on any atom is -0.464 e. The SMILES string of the molecule is CC(=O)OCCN1C(=O)[C@@]23[C@H]4C=C[C@H](O4)[C@]2(C1=O)[C@H]1O[C@@H]3[C@@]23C(=O)N(CCOC(C)=O)C(=O)[C@@]12C1c2ccccc2C3c2ccccc21. The number of nitrogens with zero attached hydrogens (tertiary/aromatic N) is 2. The Morgan fingerprint density at radius 1 is 0.604 bits per heavy atom. The summed E-state index contributed by atoms with van der Waals surface area (Å²) in [6.45, 7) is 1.76. The molecular weight excluding hydrogens is 620 g/mol. The Bertz CT molecular complexity index is 1830. The predicted octanol–water partition coefficient (Wildman–Crippen LogP) is 1.21. The van der Waals surface area contributed by atoms with Crippen molar-refractivity contribution in [2.45, 2.75) is 50.1 Å². The molecule has 0 unspecified atom stereocenters. The van der Waals surface area contributed by atoms with E-state index in [0.717, 1.165) is 27.2 Å². The fourth-order valence-electron chi connectivity index (χ4n) is 11.8. The smallest absolute Gasteiger partial charge is 0.302 e. The van der Waals surface area contributed by atoms with Gasteiger partial charge in [-0.2, -0.15) is 0 Å². The van der Waals surface area contributed by atoms with Crippen molar-refractivity contribution in [3.63, 3.8) is 0 Å². The number of esters is 2. The molecule has 0 spiro atoms. The molecule has 244 valence electrons. The Labute approximate surface area is 273 Å². The van der Waals surface area contributed by atoms with Crippen molar-refractivity contribution in [2.24, 2.45) is 21.7 Å². The van der Waals surface area contributed by atoms with Crippen molar-refractivity contribution >= 4 is 35.6 Å². The van der Waals surface area contributed by atoms with Gasteiger partial charge in [-0.1, -0.05) is 60.7 Å². The molecule has 0 saturated carbocycles. The Balaban J connectivity index is 1.27. The summed E-state index contributed by atoms with van der Waals surface area (Å²) in [6.07, 6.45) is -0.652. The van der Waals surface area contributed by atoms with E-state index in [9.17, 15) is 9.59 Å². The van der Waals surface area contributed by atoms with E-state index in [1.165, 1.54) is 18.7 Å². The fourth-order valence-corrected chi connectivity index (χ4v) is 11.8. The molecule has 12 heteroatoms. The third-order valence-corrected chi connectivity index (χ3v) is 12.7. The van der Waals surface area contributed by atoms with Gasteiger partial charge < -0.3 is 18.9 Å². The van der Waals surface area contributed by atoms with E-state index in [0.29, 0.717) is 0 Å². The lowest BCUT2D eigenvalue weighted by atomic mass is 9.31. The fraction of sp³-hybridized carbons (Fsp3) is 0.444. The van der Waals surface area contributed by atoms with Gasteiger partial charge in [0.2, 0.25) is 23.6 Å². The maximum Gasteiger partial charge on any atom is 0.302 e. The van der Waals surface area contributed by atoms with Crippen molar-refractivity contribution in [3.8, 4) is 0 Å². The third-order valence-electron chi connectivity index (χ3n) is 12.7. The molecule has 6 heterocycles. The van der Waals surface area contributed by atoms with E-state index in [1.54, 1.807) is 12.2 Å². The van der Waals surface area contributed by atoms with E-state index in [-0.39, 0.29) is 26.3 Å². The second-order valence-corrected chi connectivity index (χ2v) is 14.1. The first kappa shape index (κ1) is 28.3. The Morgan fingerprint density at radius 3 is 1.31 bits per heavy atom. The summed E-state index contributed by atoms with van der Waals surface area (Å²) in [7, 11) is 0. The Kier molecular flexibility index (Phi) is 5.12. The quantitative estimate of drug-likeness (QED) is 0.254. The van der Waals surface area contributed by atoms with E-state index in [2.05, 4.69) is 0 Å². The van der Waals surface area contributed by atoms with Crippen LogP contribution in [0.5, 0.6) is 0 Å². The second kappa shape index (κ2) is 8.66. The van der Waals surface area contributed by atoms with Crippen LogP contribution in [-0.2, 0) is 47.7 Å². The summed E-state index contributed by atoms with van der Waals surface area (Å²) in [5.41, 5.74) is -3.02. The zero-order valence-corrected chi connectivity index (χ0v) is 26.0. The van der Waals surface area contributed by atoms with Gasteiger partial charge in [-0.15, -0.1) is 0 Å². The number of carbonyl (C=O) groups excluding carboxylic acids is 6. The van der Waals surface area contributed by atoms with E-state index in [4.69, 9.17) is 18.9 Å². The molecule has 3 aliphatic carbocycles. The lowest BCUT2D eigenvalue weighted by molar-refractivity contribution is -0.167. The first-order chi connectivity index (χ1) is 23.1. The maximum absolute atomic E-state index is 15.5. The molecule has 9 aliphatic rings. The molecule has 48 heavy (non-hydrogen) atoms. The van der Waals surface area contributed by atoms with Crippen LogP contribution in [0.1, 0.15) is 47.9 Å². The van der Waals surface area contributed by atoms with Crippen LogP contribution >= 0.6 is 0 Å². The molecule has 5 fully saturated rings. The summed E-state index contributed by atoms with van der Waals surface area (Å²) in [6, 6.07) is 15.5. The third kappa shape index (κ3) is 2.49. The minimum absolute atomic E-state index is 0.176. The average Bonchev–Trinajstić information content (AvgIpc) is 3.89. The van der Waals surface area contributed by atoms with Gasteiger partial charge in [-0.25, -0.2) is 0 Å². The number of likely N-dealkylation sites (tertiary alicyclic amines) is 2. The number of hydrogen-bond acceptors (Lipinski definition) is 10. The van der Waals surface area contributed by atoms with Gasteiger partial charge in [0, 0.05) is 25.7 Å². The van der Waals surface area contributed by atoms with Crippen molar-refractivity contribution in [1.82, 2.24) is 9.80 Å². The van der Waals surface area contributed by atoms with Crippen molar-refractivity contribution in [2.75, 3.05) is 26.3 Å². The number of amides is 4. The number of imide groups is 2. The largest absolute Gasteiger partial charge is 0.464 e. The van der Waals surface area contributed by atoms with Crippen LogP contribution in [0.2, 0.25) is 0 Å². The minimum atomic E-state index is -1.64. The van der Waals surface area contributed by atoms with Crippen LogP contribution in [0.4, 0.5) is 0 Å². The van der Waals surface area contributed by atoms with Crippen LogP contribution < -0.4 is 0 Å². The van der Waals surface area contributed by atoms with Crippen LogP contribution in [0.3, 0.4) is 0 Å². The van der Waals surface area contributed by atoms with Crippen molar-refractivity contribution < 1.29 is 47.7 Å². The predicted molar refractivity (Wildman–Crippen MR) is 159 cm³/mol. The Morgan fingerprint density at radius 2 is 0.958 bits per heavy atom. The molecule has 5 saturated heterocycles. The number of fused-ring (bicyclic) bond motifs is 4. The molecular formula is C36H30N2O10. The van der Waals surface area contributed by atoms with Gasteiger partial charge in [0.15, 0.2) is 0 Å². The highest BCUT2D eigenvalue weighted by Crippen LogP contribution is 2.89. The number of rotatable bonds is 6. The van der Waals surface area contributed by atoms with E-state index >= 15 is 19.2 Å². The topological polar surface area (TPSA) is 146 Å². The van der Waals surface area contributed by atoms with Gasteiger partial charge in [0.1, 0.15) is 34.9 Å². The van der Waals surface area contributed by atoms with Crippen LogP contribution in [0, 0.1) is 21.7 Å². The van der Waals surface area contributed by atoms with E-state index in [1.807, 2.05) is 48.5 Å². The van der Waals surface area contributed by atoms with E-state index < -0.39 is 93.5 Å². The van der Waals surface area contributed by atoms with Crippen molar-refractivity contribution in [1.29, 1.82) is 0 Å². The zero-order chi connectivity index (χ0) is 33.1. The van der Waals surface area contributed by atoms with Gasteiger partial charge in [-0.3, -0.25) is 38.6 Å². The molecule has 8 atom stereocenters. The first-order valence-corrected chi connectivity index (χ1v) is 16.3. The first-order valence-electron chi connectivity index (χ1n) is 16.3. The molecule has 4 amide bonds. The normalized spacial score (nSPS) is 41.0. The lowest BCUT2D eigenvalue weighted by Crippen LogP contribution is -2.75. The standard InChI is InChI=1S/C36H30N2O10/c1-17(39)45-15-13-37-29(41)33-23-11-12-24(47-23)34(33,30(37)42)28-36-26-20-8-4-3-7-19(20)25(21-9-5-6-10-22(21)26)35(36,27(33)48-28)31(43)38(32(36)44)14-16-46-18(2)40/h3-12,23-28H,13-16H2,1-2H3/t23-,24+,25?,26?,27+,28-,33+,34-,35+,36-. The van der Waals surface area contributed by atoms with Crippen LogP contribution in [-0.4, -0.2) is 96.1 Å². The van der Waals surface area contributed by atoms with Gasteiger partial charge >= 0.3 is 11.9 Å². The second-order valence-electron chi connectivity index (χ2n) is 14.1. The molecule has 0 aromatic heterocycles. The molecule has 12 nitrogen and oxygen atoms in total. The molecule has 11 rings (SSSR count). The number of benzene rings is 2. The van der Waals surface area contributed by atoms with Crippen LogP contribution in [0.25, 0.3) is 0 Å². The molecule has 6 bridgehead atoms. The summed E-state index contributed by atoms with van der Waals surface area (Å²) >= 11 is 0. The molecule has 2 aromatic rings. The highest BCUT2D eigenvalue weighted by Gasteiger charge is 3.03. The molecule has 0 radical (unpaired) electrons. The van der Waals surface area contributed by atoms with Crippen molar-refractivity contribution in [3.05, 3.63) is 82.9 Å². The van der Waals surface area contributed by atoms with Crippen LogP contribution in [0.15, 0.2) is 60.7 Å². The number of carbonyl (C=O) groups is 6. The summed E-state index contributed by atoms with van der Waals surface area (Å²) in [5.74, 6) is -4.56. The highest BCUT2D eigenvalue weighted by atomic mass is 16.6. The summed E-state index contributed by atoms with van der Waals surface area (Å²) in [4.78, 5) is 86.7. The lowest BCUT2D eigenvalue weighted by Gasteiger charge is -2.63. The molecule has 0 N–H and O–H groups in total. The monoisotopic (exact) mass is 650 g/mol. The number of hydrogen-bond donors (Lipinski definition) is 0. The summed E-state index contributed by atoms with van der Waals surface area (Å²) < 4.78 is 23.9. The maximum atomic E-state index is 15.5. The number of ether oxygens (including phenoxy) is 4. The molecule has 6 aliphatic heterocycles. The Hall–Kier alpha value is -4.68. The highest BCUT2D eigenvalue weighted by molar-refractivity contribution is 6.20. The van der Waals surface area contributed by atoms with Gasteiger partial charge in [0.05, 0.1) is 37.5 Å². The molecule has 2 aromatic carbocycles. The summed E-state index contributed by atoms with van der Waals surface area (Å²) in [5, 5.41) is 0. The average molecular weight is 651 g/mol. The van der Waals surface area contributed by atoms with Gasteiger partial charge in [-0.05, 0) is 22.3 Å².